The highest BCUT2D eigenvalue weighted by Gasteiger charge is 2.37. The Hall–Kier alpha value is -2.57. The first-order valence-electron chi connectivity index (χ1n) is 13.2. The van der Waals surface area contributed by atoms with Crippen molar-refractivity contribution in [3.05, 3.63) is 35.9 Å². The normalized spacial score (nSPS) is 13.9. The summed E-state index contributed by atoms with van der Waals surface area (Å²) in [7, 11) is 0. The van der Waals surface area contributed by atoms with Crippen molar-refractivity contribution in [1.82, 2.24) is 15.5 Å². The molecule has 0 heterocycles. The van der Waals surface area contributed by atoms with E-state index in [9.17, 15) is 14.4 Å². The predicted molar refractivity (Wildman–Crippen MR) is 141 cm³/mol. The van der Waals surface area contributed by atoms with Crippen LogP contribution < -0.4 is 10.6 Å². The lowest BCUT2D eigenvalue weighted by Crippen LogP contribution is -2.55. The lowest BCUT2D eigenvalue weighted by Gasteiger charge is -2.36. The van der Waals surface area contributed by atoms with Crippen molar-refractivity contribution in [1.29, 1.82) is 0 Å². The van der Waals surface area contributed by atoms with Gasteiger partial charge in [-0.25, -0.2) is 4.79 Å². The van der Waals surface area contributed by atoms with E-state index in [1.807, 2.05) is 44.2 Å². The molecule has 198 valence electrons. The smallest absolute Gasteiger partial charge is 0.408 e. The third kappa shape index (κ3) is 10.7. The number of ether oxygens (including phenoxy) is 1. The van der Waals surface area contributed by atoms with Crippen LogP contribution in [0.4, 0.5) is 4.79 Å². The Bertz CT molecular complexity index is 776. The van der Waals surface area contributed by atoms with E-state index in [0.29, 0.717) is 19.5 Å². The SMILES string of the molecule is CCCCCNC(=O)C(c1ccccc1)N(CCCC)C(=O)C(NC(=O)OC(C)(C)C)C(C)CC. The van der Waals surface area contributed by atoms with Gasteiger partial charge < -0.3 is 20.3 Å². The first-order valence-corrected chi connectivity index (χ1v) is 13.2. The molecule has 0 radical (unpaired) electrons. The first-order chi connectivity index (χ1) is 16.6. The molecule has 1 rings (SSSR count). The molecule has 7 heteroatoms. The van der Waals surface area contributed by atoms with Crippen molar-refractivity contribution in [2.24, 2.45) is 5.92 Å². The van der Waals surface area contributed by atoms with E-state index in [1.54, 1.807) is 25.7 Å². The third-order valence-corrected chi connectivity index (χ3v) is 5.94. The summed E-state index contributed by atoms with van der Waals surface area (Å²) in [6.07, 6.45) is 4.66. The number of carbonyl (C=O) groups is 3. The molecular weight excluding hydrogens is 442 g/mol. The number of alkyl carbamates (subject to hydrolysis) is 1. The van der Waals surface area contributed by atoms with Crippen molar-refractivity contribution >= 4 is 17.9 Å². The fourth-order valence-electron chi connectivity index (χ4n) is 3.78. The molecule has 3 amide bonds. The summed E-state index contributed by atoms with van der Waals surface area (Å²) < 4.78 is 5.44. The van der Waals surface area contributed by atoms with Gasteiger partial charge in [-0.05, 0) is 45.1 Å². The van der Waals surface area contributed by atoms with Crippen LogP contribution in [-0.4, -0.2) is 47.5 Å². The zero-order chi connectivity index (χ0) is 26.4. The van der Waals surface area contributed by atoms with Gasteiger partial charge in [-0.2, -0.15) is 0 Å². The van der Waals surface area contributed by atoms with Crippen molar-refractivity contribution in [2.75, 3.05) is 13.1 Å². The second-order valence-corrected chi connectivity index (χ2v) is 10.2. The van der Waals surface area contributed by atoms with Crippen molar-refractivity contribution < 1.29 is 19.1 Å². The maximum Gasteiger partial charge on any atom is 0.408 e. The van der Waals surface area contributed by atoms with Crippen LogP contribution in [-0.2, 0) is 14.3 Å². The highest BCUT2D eigenvalue weighted by Crippen LogP contribution is 2.25. The van der Waals surface area contributed by atoms with E-state index in [2.05, 4.69) is 24.5 Å². The number of unbranched alkanes of at least 4 members (excludes halogenated alkanes) is 3. The van der Waals surface area contributed by atoms with Crippen molar-refractivity contribution in [2.45, 2.75) is 105 Å². The summed E-state index contributed by atoms with van der Waals surface area (Å²) in [5.41, 5.74) is 0.0742. The van der Waals surface area contributed by atoms with Gasteiger partial charge in [0.15, 0.2) is 0 Å². The average Bonchev–Trinajstić information content (AvgIpc) is 2.81. The Balaban J connectivity index is 3.34. The standard InChI is InChI=1S/C28H47N3O4/c1-8-11-16-19-29-25(32)24(22-17-14-13-15-18-22)31(20-12-9-2)26(33)23(21(4)10-3)30-27(34)35-28(5,6)7/h13-15,17-18,21,23-24H,8-12,16,19-20H2,1-7H3,(H,29,32)(H,30,34). The molecule has 0 aliphatic carbocycles. The maximum atomic E-state index is 14.0. The van der Waals surface area contributed by atoms with Crippen LogP contribution >= 0.6 is 0 Å². The minimum atomic E-state index is -0.800. The third-order valence-electron chi connectivity index (χ3n) is 5.94. The summed E-state index contributed by atoms with van der Waals surface area (Å²) in [6.45, 7) is 14.4. The summed E-state index contributed by atoms with van der Waals surface area (Å²) in [4.78, 5) is 41.8. The van der Waals surface area contributed by atoms with Gasteiger partial charge in [0.05, 0.1) is 0 Å². The second-order valence-electron chi connectivity index (χ2n) is 10.2. The molecular formula is C28H47N3O4. The molecule has 0 bridgehead atoms. The summed E-state index contributed by atoms with van der Waals surface area (Å²) >= 11 is 0. The number of amides is 3. The molecule has 0 aliphatic rings. The van der Waals surface area contributed by atoms with Gasteiger partial charge in [0, 0.05) is 13.1 Å². The maximum absolute atomic E-state index is 14.0. The number of nitrogens with one attached hydrogen (secondary N) is 2. The number of nitrogens with zero attached hydrogens (tertiary/aromatic N) is 1. The first kappa shape index (κ1) is 30.5. The number of hydrogen-bond donors (Lipinski definition) is 2. The Kier molecular flexibility index (Phi) is 13.4. The van der Waals surface area contributed by atoms with E-state index < -0.39 is 23.8 Å². The van der Waals surface area contributed by atoms with E-state index in [0.717, 1.165) is 37.7 Å². The van der Waals surface area contributed by atoms with Gasteiger partial charge in [-0.3, -0.25) is 9.59 Å². The Morgan fingerprint density at radius 2 is 1.60 bits per heavy atom. The molecule has 35 heavy (non-hydrogen) atoms. The Morgan fingerprint density at radius 3 is 2.14 bits per heavy atom. The Morgan fingerprint density at radius 1 is 0.971 bits per heavy atom. The van der Waals surface area contributed by atoms with Gasteiger partial charge in [0.25, 0.3) is 0 Å². The molecule has 7 nitrogen and oxygen atoms in total. The van der Waals surface area contributed by atoms with E-state index in [4.69, 9.17) is 4.74 Å². The number of benzene rings is 1. The topological polar surface area (TPSA) is 87.7 Å². The number of carbonyl (C=O) groups excluding carboxylic acids is 3. The van der Waals surface area contributed by atoms with Gasteiger partial charge in [0.1, 0.15) is 17.7 Å². The fraction of sp³-hybridized carbons (Fsp3) is 0.679. The van der Waals surface area contributed by atoms with E-state index in [1.165, 1.54) is 0 Å². The number of hydrogen-bond acceptors (Lipinski definition) is 4. The van der Waals surface area contributed by atoms with Gasteiger partial charge in [0.2, 0.25) is 11.8 Å². The van der Waals surface area contributed by atoms with E-state index in [-0.39, 0.29) is 17.7 Å². The van der Waals surface area contributed by atoms with Crippen LogP contribution in [0, 0.1) is 5.92 Å². The van der Waals surface area contributed by atoms with Crippen LogP contribution in [0.25, 0.3) is 0 Å². The van der Waals surface area contributed by atoms with Crippen molar-refractivity contribution in [3.8, 4) is 0 Å². The van der Waals surface area contributed by atoms with Crippen LogP contribution in [0.15, 0.2) is 30.3 Å². The lowest BCUT2D eigenvalue weighted by molar-refractivity contribution is -0.143. The molecule has 3 unspecified atom stereocenters. The monoisotopic (exact) mass is 489 g/mol. The predicted octanol–water partition coefficient (Wildman–Crippen LogP) is 5.60. The highest BCUT2D eigenvalue weighted by molar-refractivity contribution is 5.92. The van der Waals surface area contributed by atoms with Crippen LogP contribution in [0.1, 0.15) is 98.6 Å². The van der Waals surface area contributed by atoms with E-state index >= 15 is 0 Å². The van der Waals surface area contributed by atoms with Crippen LogP contribution in [0.3, 0.4) is 0 Å². The molecule has 0 fully saturated rings. The fourth-order valence-corrected chi connectivity index (χ4v) is 3.78. The molecule has 2 N–H and O–H groups in total. The molecule has 3 atom stereocenters. The molecule has 0 aromatic heterocycles. The molecule has 0 saturated heterocycles. The average molecular weight is 490 g/mol. The molecule has 0 spiro atoms. The quantitative estimate of drug-likeness (QED) is 0.333. The zero-order valence-electron chi connectivity index (χ0n) is 22.9. The molecule has 1 aromatic rings. The minimum absolute atomic E-state index is 0.136. The highest BCUT2D eigenvalue weighted by atomic mass is 16.6. The molecule has 0 saturated carbocycles. The van der Waals surface area contributed by atoms with Gasteiger partial charge >= 0.3 is 6.09 Å². The molecule has 0 aliphatic heterocycles. The number of rotatable bonds is 14. The van der Waals surface area contributed by atoms with Crippen molar-refractivity contribution in [3.63, 3.8) is 0 Å². The zero-order valence-corrected chi connectivity index (χ0v) is 22.9. The second kappa shape index (κ2) is 15.4. The van der Waals surface area contributed by atoms with Crippen LogP contribution in [0.2, 0.25) is 0 Å². The largest absolute Gasteiger partial charge is 0.444 e. The summed E-state index contributed by atoms with van der Waals surface area (Å²) in [6, 6.07) is 7.82. The Labute approximate surface area is 212 Å². The van der Waals surface area contributed by atoms with Gasteiger partial charge in [-0.15, -0.1) is 0 Å². The minimum Gasteiger partial charge on any atom is -0.444 e. The molecule has 1 aromatic carbocycles. The lowest BCUT2D eigenvalue weighted by atomic mass is 9.95. The van der Waals surface area contributed by atoms with Crippen LogP contribution in [0.5, 0.6) is 0 Å². The summed E-state index contributed by atoms with van der Waals surface area (Å²) in [5, 5.41) is 5.84. The summed E-state index contributed by atoms with van der Waals surface area (Å²) in [5.74, 6) is -0.601. The van der Waals surface area contributed by atoms with Gasteiger partial charge in [-0.1, -0.05) is 83.7 Å².